The van der Waals surface area contributed by atoms with Crippen LogP contribution in [-0.2, 0) is 4.79 Å². The Morgan fingerprint density at radius 1 is 1.88 bits per heavy atom. The Bertz CT molecular complexity index is 119. The lowest BCUT2D eigenvalue weighted by Gasteiger charge is -1.89. The molecule has 0 aromatic carbocycles. The first-order valence-electron chi connectivity index (χ1n) is 1.68. The van der Waals surface area contributed by atoms with Crippen molar-refractivity contribution in [3.8, 4) is 0 Å². The van der Waals surface area contributed by atoms with Gasteiger partial charge < -0.3 is 15.5 Å². The van der Waals surface area contributed by atoms with E-state index in [1.54, 1.807) is 0 Å². The molecule has 2 N–H and O–H groups in total. The minimum absolute atomic E-state index is 0.345. The largest absolute Gasteiger partial charge is 0.597 e. The number of carbonyl (C=O) groups is 1. The summed E-state index contributed by atoms with van der Waals surface area (Å²) in [5, 5.41) is 27.1. The zero-order valence-electron chi connectivity index (χ0n) is 3.81. The number of rotatable bonds is 2. The summed E-state index contributed by atoms with van der Waals surface area (Å²) in [5.41, 5.74) is 0. The molecule has 0 rings (SSSR count). The maximum Gasteiger partial charge on any atom is 0.373 e. The molecule has 0 amide bonds. The van der Waals surface area contributed by atoms with E-state index >= 15 is 0 Å². The normalized spacial score (nSPS) is 11.2. The van der Waals surface area contributed by atoms with Gasteiger partial charge in [0.1, 0.15) is 0 Å². The number of nitrogens with zero attached hydrogens (tertiary/aromatic N) is 2. The molecule has 0 unspecified atom stereocenters. The lowest BCUT2D eigenvalue weighted by Crippen LogP contribution is -2.12. The van der Waals surface area contributed by atoms with E-state index in [2.05, 4.69) is 0 Å². The van der Waals surface area contributed by atoms with E-state index in [0.717, 1.165) is 0 Å². The van der Waals surface area contributed by atoms with Crippen LogP contribution < -0.4 is 0 Å². The summed E-state index contributed by atoms with van der Waals surface area (Å²) in [5.74, 6) is -1.34. The fourth-order valence-corrected chi connectivity index (χ4v) is 0.147. The van der Waals surface area contributed by atoms with Gasteiger partial charge in [-0.25, -0.2) is 4.79 Å². The van der Waals surface area contributed by atoms with Crippen LogP contribution in [0.2, 0.25) is 0 Å². The van der Waals surface area contributed by atoms with Gasteiger partial charge in [-0.15, -0.1) is 0 Å². The maximum absolute atomic E-state index is 9.74. The smallest absolute Gasteiger partial charge is 0.373 e. The van der Waals surface area contributed by atoms with Crippen molar-refractivity contribution in [2.24, 2.45) is 5.28 Å². The highest BCUT2D eigenvalue weighted by atomic mass is 16.6. The molecule has 0 saturated carbocycles. The minimum Gasteiger partial charge on any atom is -0.597 e. The van der Waals surface area contributed by atoms with Crippen LogP contribution in [0.4, 0.5) is 0 Å². The summed E-state index contributed by atoms with van der Waals surface area (Å²) in [6.45, 7) is -0.837. The van der Waals surface area contributed by atoms with Crippen LogP contribution in [0, 0.1) is 5.21 Å². The lowest BCUT2D eigenvalue weighted by atomic mass is 10.7. The third kappa shape index (κ3) is 2.88. The van der Waals surface area contributed by atoms with Gasteiger partial charge in [0.05, 0.1) is 0 Å². The lowest BCUT2D eigenvalue weighted by molar-refractivity contribution is -0.546. The molecule has 0 bridgehead atoms. The van der Waals surface area contributed by atoms with E-state index in [0.29, 0.717) is 0 Å². The van der Waals surface area contributed by atoms with E-state index in [9.17, 15) is 10.0 Å². The monoisotopic (exact) mass is 120 g/mol. The first kappa shape index (κ1) is 6.67. The molecule has 6 heteroatoms. The van der Waals surface area contributed by atoms with Crippen LogP contribution >= 0.6 is 0 Å². The van der Waals surface area contributed by atoms with E-state index in [-0.39, 0.29) is 4.86 Å². The highest BCUT2D eigenvalue weighted by molar-refractivity contribution is 5.67. The topological polar surface area (TPSA) is 96.0 Å². The zero-order valence-corrected chi connectivity index (χ0v) is 3.81. The molecule has 0 radical (unpaired) electrons. The van der Waals surface area contributed by atoms with Crippen molar-refractivity contribution in [2.75, 3.05) is 6.54 Å². The van der Waals surface area contributed by atoms with Crippen LogP contribution in [0.15, 0.2) is 5.28 Å². The van der Waals surface area contributed by atoms with Gasteiger partial charge in [0, 0.05) is 0 Å². The third-order valence-electron chi connectivity index (χ3n) is 0.370. The van der Waals surface area contributed by atoms with Gasteiger partial charge in [-0.05, 0) is 4.86 Å². The Labute approximate surface area is 44.2 Å². The number of hydrogen-bond donors (Lipinski definition) is 2. The predicted molar refractivity (Wildman–Crippen MR) is 20.3 cm³/mol. The Kier molecular flexibility index (Phi) is 2.32. The number of aliphatic carboxylic acids is 1. The van der Waals surface area contributed by atoms with Crippen LogP contribution in [0.3, 0.4) is 0 Å². The fraction of sp³-hybridized carbons (Fsp3) is 0.500. The summed E-state index contributed by atoms with van der Waals surface area (Å²) in [6.07, 6.45) is 0. The maximum atomic E-state index is 9.74. The van der Waals surface area contributed by atoms with Gasteiger partial charge in [0.2, 0.25) is 0 Å². The first-order valence-corrected chi connectivity index (χ1v) is 1.68. The van der Waals surface area contributed by atoms with Gasteiger partial charge >= 0.3 is 5.97 Å². The molecular weight excluding hydrogens is 116 g/mol. The molecule has 0 atom stereocenters. The van der Waals surface area contributed by atoms with Crippen molar-refractivity contribution in [3.63, 3.8) is 0 Å². The first-order chi connectivity index (χ1) is 3.66. The molecule has 0 aliphatic rings. The standard InChI is InChI=1S/C2H4N2O4/c5-2(6)1-4(8)3-7/h7H,1H2,(H,5,6)/b4-3+. The Morgan fingerprint density at radius 3 is 2.50 bits per heavy atom. The van der Waals surface area contributed by atoms with E-state index in [4.69, 9.17) is 10.3 Å². The van der Waals surface area contributed by atoms with Crippen molar-refractivity contribution in [1.82, 2.24) is 0 Å². The van der Waals surface area contributed by atoms with Gasteiger partial charge in [-0.1, -0.05) is 0 Å². The highest BCUT2D eigenvalue weighted by Crippen LogP contribution is 1.70. The molecule has 0 aromatic rings. The second kappa shape index (κ2) is 2.78. The SMILES string of the molecule is O=C(O)C/[N+]([O-])=N\O. The number of carboxylic acids is 1. The van der Waals surface area contributed by atoms with Gasteiger partial charge in [0.15, 0.2) is 5.28 Å². The number of hydroxylamine groups is 1. The Hall–Kier alpha value is -1.33. The van der Waals surface area contributed by atoms with Gasteiger partial charge in [-0.3, -0.25) is 0 Å². The molecule has 8 heavy (non-hydrogen) atoms. The van der Waals surface area contributed by atoms with Gasteiger partial charge in [-0.2, -0.15) is 0 Å². The average molecular weight is 120 g/mol. The van der Waals surface area contributed by atoms with Crippen molar-refractivity contribution in [2.45, 2.75) is 0 Å². The molecule has 0 aromatic heterocycles. The minimum atomic E-state index is -1.34. The van der Waals surface area contributed by atoms with Crippen LogP contribution in [0.5, 0.6) is 0 Å². The van der Waals surface area contributed by atoms with Crippen LogP contribution in [0.25, 0.3) is 0 Å². The molecule has 0 fully saturated rings. The molecule has 0 spiro atoms. The predicted octanol–water partition coefficient (Wildman–Crippen LogP) is -0.577. The molecule has 0 aliphatic heterocycles. The third-order valence-corrected chi connectivity index (χ3v) is 0.370. The second-order valence-corrected chi connectivity index (χ2v) is 0.993. The summed E-state index contributed by atoms with van der Waals surface area (Å²) < 4.78 is 0. The summed E-state index contributed by atoms with van der Waals surface area (Å²) in [7, 11) is 0. The molecule has 0 aliphatic carbocycles. The van der Waals surface area contributed by atoms with Crippen molar-refractivity contribution in [1.29, 1.82) is 0 Å². The average Bonchev–Trinajstić information content (AvgIpc) is 1.65. The number of carboxylic acid groups (broad SMARTS) is 1. The summed E-state index contributed by atoms with van der Waals surface area (Å²) in [4.78, 5) is 9.21. The van der Waals surface area contributed by atoms with Crippen molar-refractivity contribution < 1.29 is 20.0 Å². The zero-order chi connectivity index (χ0) is 6.57. The summed E-state index contributed by atoms with van der Waals surface area (Å²) in [6, 6.07) is 0. The van der Waals surface area contributed by atoms with Crippen molar-refractivity contribution >= 4 is 5.97 Å². The Balaban J connectivity index is 3.56. The van der Waals surface area contributed by atoms with E-state index in [1.807, 2.05) is 5.28 Å². The molecule has 6 nitrogen and oxygen atoms in total. The van der Waals surface area contributed by atoms with E-state index in [1.165, 1.54) is 0 Å². The molecular formula is C2H4N2O4. The summed E-state index contributed by atoms with van der Waals surface area (Å²) >= 11 is 0. The van der Waals surface area contributed by atoms with E-state index < -0.39 is 12.5 Å². The van der Waals surface area contributed by atoms with Gasteiger partial charge in [0.25, 0.3) is 6.54 Å². The molecule has 0 heterocycles. The Morgan fingerprint density at radius 2 is 2.38 bits per heavy atom. The highest BCUT2D eigenvalue weighted by Gasteiger charge is 2.02. The second-order valence-electron chi connectivity index (χ2n) is 0.993. The fourth-order valence-electron chi connectivity index (χ4n) is 0.147. The number of hydrogen-bond acceptors (Lipinski definition) is 3. The quantitative estimate of drug-likeness (QED) is 0.289. The molecule has 46 valence electrons. The van der Waals surface area contributed by atoms with Crippen molar-refractivity contribution in [3.05, 3.63) is 5.21 Å². The molecule has 0 saturated heterocycles. The van der Waals surface area contributed by atoms with Crippen LogP contribution in [-0.4, -0.2) is 27.7 Å². The van der Waals surface area contributed by atoms with Crippen LogP contribution in [0.1, 0.15) is 0 Å².